The summed E-state index contributed by atoms with van der Waals surface area (Å²) in [6.07, 6.45) is -0.346. The molecule has 0 radical (unpaired) electrons. The molecule has 5 nitrogen and oxygen atoms in total. The third-order valence-electron chi connectivity index (χ3n) is 3.23. The molecule has 1 aliphatic rings. The molecule has 1 heterocycles. The van der Waals surface area contributed by atoms with Crippen LogP contribution in [0.15, 0.2) is 18.2 Å². The maximum absolute atomic E-state index is 12.2. The van der Waals surface area contributed by atoms with Gasteiger partial charge in [-0.05, 0) is 17.7 Å². The van der Waals surface area contributed by atoms with Crippen molar-refractivity contribution in [2.45, 2.75) is 18.9 Å². The van der Waals surface area contributed by atoms with E-state index in [1.807, 2.05) is 0 Å². The summed E-state index contributed by atoms with van der Waals surface area (Å²) >= 11 is 11.8. The van der Waals surface area contributed by atoms with Gasteiger partial charge in [0.2, 0.25) is 5.91 Å². The molecule has 7 heteroatoms. The van der Waals surface area contributed by atoms with Crippen LogP contribution in [0.4, 0.5) is 0 Å². The second kappa shape index (κ2) is 7.11. The quantitative estimate of drug-likeness (QED) is 0.918. The van der Waals surface area contributed by atoms with Gasteiger partial charge in [-0.1, -0.05) is 29.3 Å². The fourth-order valence-electron chi connectivity index (χ4n) is 2.20. The molecule has 1 unspecified atom stereocenters. The van der Waals surface area contributed by atoms with Crippen LogP contribution in [0.1, 0.15) is 12.0 Å². The molecular formula is C14H15Cl2NO4. The molecule has 1 aromatic carbocycles. The number of hydrogen-bond acceptors (Lipinski definition) is 3. The van der Waals surface area contributed by atoms with Crippen molar-refractivity contribution in [3.63, 3.8) is 0 Å². The summed E-state index contributed by atoms with van der Waals surface area (Å²) in [6, 6.07) is 5.07. The molecule has 21 heavy (non-hydrogen) atoms. The molecule has 1 N–H and O–H groups in total. The van der Waals surface area contributed by atoms with Crippen LogP contribution in [0, 0.1) is 0 Å². The summed E-state index contributed by atoms with van der Waals surface area (Å²) in [5, 5.41) is 9.63. The molecule has 1 amide bonds. The summed E-state index contributed by atoms with van der Waals surface area (Å²) < 4.78 is 5.34. The zero-order chi connectivity index (χ0) is 15.4. The van der Waals surface area contributed by atoms with Crippen molar-refractivity contribution in [3.8, 4) is 0 Å². The van der Waals surface area contributed by atoms with Crippen molar-refractivity contribution >= 4 is 35.1 Å². The summed E-state index contributed by atoms with van der Waals surface area (Å²) in [5.41, 5.74) is 0.774. The Hall–Kier alpha value is -1.30. The molecule has 0 saturated carbocycles. The molecule has 0 aliphatic carbocycles. The number of morpholine rings is 1. The Kier molecular flexibility index (Phi) is 5.45. The van der Waals surface area contributed by atoms with E-state index in [0.717, 1.165) is 5.56 Å². The van der Waals surface area contributed by atoms with Crippen LogP contribution in [0.25, 0.3) is 0 Å². The van der Waals surface area contributed by atoms with E-state index in [4.69, 9.17) is 33.0 Å². The number of halogens is 2. The van der Waals surface area contributed by atoms with Crippen LogP contribution in [0.2, 0.25) is 10.0 Å². The van der Waals surface area contributed by atoms with E-state index in [1.165, 1.54) is 0 Å². The first-order chi connectivity index (χ1) is 9.95. The molecule has 0 aromatic heterocycles. The number of carbonyl (C=O) groups is 2. The predicted octanol–water partition coefficient (Wildman–Crippen LogP) is 2.24. The average Bonchev–Trinajstić information content (AvgIpc) is 2.42. The summed E-state index contributed by atoms with van der Waals surface area (Å²) in [5.74, 6) is -1.01. The Morgan fingerprint density at radius 3 is 2.76 bits per heavy atom. The first-order valence-corrected chi connectivity index (χ1v) is 7.26. The maximum atomic E-state index is 12.2. The second-order valence-corrected chi connectivity index (χ2v) is 5.67. The zero-order valence-corrected chi connectivity index (χ0v) is 12.7. The first-order valence-electron chi connectivity index (χ1n) is 6.51. The minimum absolute atomic E-state index is 0.0768. The highest BCUT2D eigenvalue weighted by Crippen LogP contribution is 2.23. The van der Waals surface area contributed by atoms with Crippen molar-refractivity contribution in [2.75, 3.05) is 19.7 Å². The fraction of sp³-hybridized carbons (Fsp3) is 0.429. The van der Waals surface area contributed by atoms with Gasteiger partial charge < -0.3 is 14.7 Å². The van der Waals surface area contributed by atoms with Gasteiger partial charge in [0.1, 0.15) is 0 Å². The molecule has 1 fully saturated rings. The van der Waals surface area contributed by atoms with E-state index in [0.29, 0.717) is 29.7 Å². The van der Waals surface area contributed by atoms with Gasteiger partial charge in [0.15, 0.2) is 0 Å². The van der Waals surface area contributed by atoms with Crippen LogP contribution >= 0.6 is 23.2 Å². The lowest BCUT2D eigenvalue weighted by Gasteiger charge is -2.32. The van der Waals surface area contributed by atoms with Gasteiger partial charge in [0.25, 0.3) is 0 Å². The number of amides is 1. The molecule has 2 rings (SSSR count). The number of benzene rings is 1. The van der Waals surface area contributed by atoms with Crippen molar-refractivity contribution in [1.82, 2.24) is 4.90 Å². The normalized spacial score (nSPS) is 18.6. The van der Waals surface area contributed by atoms with Gasteiger partial charge in [-0.15, -0.1) is 0 Å². The third-order valence-corrected chi connectivity index (χ3v) is 3.97. The average molecular weight is 332 g/mol. The smallest absolute Gasteiger partial charge is 0.306 e. The lowest BCUT2D eigenvalue weighted by molar-refractivity contribution is -0.147. The van der Waals surface area contributed by atoms with Crippen molar-refractivity contribution in [3.05, 3.63) is 33.8 Å². The van der Waals surface area contributed by atoms with E-state index in [1.54, 1.807) is 23.1 Å². The highest BCUT2D eigenvalue weighted by atomic mass is 35.5. The number of nitrogens with zero attached hydrogens (tertiary/aromatic N) is 1. The van der Waals surface area contributed by atoms with Gasteiger partial charge >= 0.3 is 5.97 Å². The third kappa shape index (κ3) is 4.59. The molecule has 1 atom stereocenters. The Morgan fingerprint density at radius 1 is 1.33 bits per heavy atom. The van der Waals surface area contributed by atoms with Crippen LogP contribution < -0.4 is 0 Å². The first kappa shape index (κ1) is 16.1. The van der Waals surface area contributed by atoms with Crippen molar-refractivity contribution in [1.29, 1.82) is 0 Å². The van der Waals surface area contributed by atoms with Crippen molar-refractivity contribution in [2.24, 2.45) is 0 Å². The Morgan fingerprint density at radius 2 is 2.10 bits per heavy atom. The summed E-state index contributed by atoms with van der Waals surface area (Å²) in [4.78, 5) is 24.6. The second-order valence-electron chi connectivity index (χ2n) is 4.86. The molecule has 1 aliphatic heterocycles. The van der Waals surface area contributed by atoms with E-state index in [-0.39, 0.29) is 18.7 Å². The lowest BCUT2D eigenvalue weighted by atomic mass is 10.1. The number of carbonyl (C=O) groups excluding carboxylic acids is 1. The largest absolute Gasteiger partial charge is 0.481 e. The van der Waals surface area contributed by atoms with Crippen LogP contribution in [-0.2, 0) is 20.7 Å². The molecule has 114 valence electrons. The number of aliphatic carboxylic acids is 1. The molecule has 0 spiro atoms. The Bertz CT molecular complexity index is 550. The van der Waals surface area contributed by atoms with Gasteiger partial charge in [-0.2, -0.15) is 0 Å². The fourth-order valence-corrected chi connectivity index (χ4v) is 2.52. The predicted molar refractivity (Wildman–Crippen MR) is 78.7 cm³/mol. The molecule has 0 bridgehead atoms. The monoisotopic (exact) mass is 331 g/mol. The standard InChI is InChI=1S/C14H15Cl2NO4/c15-11-2-1-9(5-12(11)16)6-13(18)17-3-4-21-10(8-17)7-14(19)20/h1-2,5,10H,3-4,6-8H2,(H,19,20). The number of hydrogen-bond donors (Lipinski definition) is 1. The minimum atomic E-state index is -0.932. The number of carboxylic acids is 1. The van der Waals surface area contributed by atoms with Crippen LogP contribution in [0.3, 0.4) is 0 Å². The van der Waals surface area contributed by atoms with Gasteiger partial charge in [0, 0.05) is 13.1 Å². The zero-order valence-electron chi connectivity index (χ0n) is 11.2. The van der Waals surface area contributed by atoms with E-state index in [2.05, 4.69) is 0 Å². The van der Waals surface area contributed by atoms with Gasteiger partial charge in [-0.25, -0.2) is 0 Å². The maximum Gasteiger partial charge on any atom is 0.306 e. The highest BCUT2D eigenvalue weighted by Gasteiger charge is 2.25. The van der Waals surface area contributed by atoms with Gasteiger partial charge in [-0.3, -0.25) is 9.59 Å². The van der Waals surface area contributed by atoms with Crippen molar-refractivity contribution < 1.29 is 19.4 Å². The molecule has 1 saturated heterocycles. The SMILES string of the molecule is O=C(O)CC1CN(C(=O)Cc2ccc(Cl)c(Cl)c2)CCO1. The summed E-state index contributed by atoms with van der Waals surface area (Å²) in [6.45, 7) is 1.12. The Labute approximate surface area is 132 Å². The van der Waals surface area contributed by atoms with Gasteiger partial charge in [0.05, 0.1) is 35.6 Å². The van der Waals surface area contributed by atoms with E-state index >= 15 is 0 Å². The van der Waals surface area contributed by atoms with E-state index in [9.17, 15) is 9.59 Å². The molecular weight excluding hydrogens is 317 g/mol. The topological polar surface area (TPSA) is 66.8 Å². The number of ether oxygens (including phenoxy) is 1. The highest BCUT2D eigenvalue weighted by molar-refractivity contribution is 6.42. The number of carboxylic acid groups (broad SMARTS) is 1. The minimum Gasteiger partial charge on any atom is -0.481 e. The number of rotatable bonds is 4. The van der Waals surface area contributed by atoms with Crippen LogP contribution in [0.5, 0.6) is 0 Å². The molecule has 1 aromatic rings. The van der Waals surface area contributed by atoms with E-state index < -0.39 is 12.1 Å². The van der Waals surface area contributed by atoms with Crippen LogP contribution in [-0.4, -0.2) is 47.7 Å². The Balaban J connectivity index is 1.96. The summed E-state index contributed by atoms with van der Waals surface area (Å²) in [7, 11) is 0. The lowest BCUT2D eigenvalue weighted by Crippen LogP contribution is -2.46.